The normalized spacial score (nSPS) is 13.6. The Morgan fingerprint density at radius 2 is 2.21 bits per heavy atom. The van der Waals surface area contributed by atoms with E-state index in [2.05, 4.69) is 34.3 Å². The van der Waals surface area contributed by atoms with Crippen LogP contribution in [0, 0.1) is 0 Å². The summed E-state index contributed by atoms with van der Waals surface area (Å²) in [5.74, 6) is 0. The maximum Gasteiger partial charge on any atom is 0.0852 e. The van der Waals surface area contributed by atoms with Crippen molar-refractivity contribution in [3.05, 3.63) is 22.4 Å². The summed E-state index contributed by atoms with van der Waals surface area (Å²) in [6, 6.07) is 2.34. The molecule has 0 aliphatic carbocycles. The highest BCUT2D eigenvalue weighted by Crippen LogP contribution is 2.25. The molecule has 0 aromatic carbocycles. The van der Waals surface area contributed by atoms with Gasteiger partial charge in [0.05, 0.1) is 10.7 Å². The SMILES string of the molecule is CC(C)n1cc(C(O)CCN)cc1Br. The lowest BCUT2D eigenvalue weighted by Gasteiger charge is -2.09. The molecule has 1 rings (SSSR count). The van der Waals surface area contributed by atoms with E-state index in [0.29, 0.717) is 19.0 Å². The van der Waals surface area contributed by atoms with Gasteiger partial charge in [0.15, 0.2) is 0 Å². The van der Waals surface area contributed by atoms with Crippen molar-refractivity contribution in [2.45, 2.75) is 32.4 Å². The number of aliphatic hydroxyl groups is 1. The molecule has 3 N–H and O–H groups in total. The Kier molecular flexibility index (Phi) is 4.16. The molecule has 1 aromatic rings. The van der Waals surface area contributed by atoms with Gasteiger partial charge >= 0.3 is 0 Å². The first-order valence-corrected chi connectivity index (χ1v) is 5.61. The van der Waals surface area contributed by atoms with Crippen LogP contribution in [0.25, 0.3) is 0 Å². The first-order chi connectivity index (χ1) is 6.56. The fraction of sp³-hybridized carbons (Fsp3) is 0.600. The van der Waals surface area contributed by atoms with Crippen molar-refractivity contribution in [3.63, 3.8) is 0 Å². The molecule has 0 radical (unpaired) electrons. The van der Waals surface area contributed by atoms with Crippen molar-refractivity contribution in [2.75, 3.05) is 6.54 Å². The molecule has 14 heavy (non-hydrogen) atoms. The lowest BCUT2D eigenvalue weighted by Crippen LogP contribution is -2.06. The molecule has 80 valence electrons. The number of rotatable bonds is 4. The van der Waals surface area contributed by atoms with Gasteiger partial charge in [-0.3, -0.25) is 0 Å². The number of aromatic nitrogens is 1. The third-order valence-electron chi connectivity index (χ3n) is 2.20. The van der Waals surface area contributed by atoms with Crippen molar-refractivity contribution in [2.24, 2.45) is 5.73 Å². The van der Waals surface area contributed by atoms with Crippen LogP contribution >= 0.6 is 15.9 Å². The number of nitrogens with zero attached hydrogens (tertiary/aromatic N) is 1. The van der Waals surface area contributed by atoms with Crippen molar-refractivity contribution in [1.82, 2.24) is 4.57 Å². The minimum Gasteiger partial charge on any atom is -0.388 e. The second-order valence-corrected chi connectivity index (χ2v) is 4.50. The van der Waals surface area contributed by atoms with Crippen LogP contribution in [-0.4, -0.2) is 16.2 Å². The molecule has 0 saturated heterocycles. The summed E-state index contributed by atoms with van der Waals surface area (Å²) in [7, 11) is 0. The predicted molar refractivity (Wildman–Crippen MR) is 61.1 cm³/mol. The van der Waals surface area contributed by atoms with Gasteiger partial charge < -0.3 is 15.4 Å². The first kappa shape index (κ1) is 11.8. The Bertz CT molecular complexity index is 296. The summed E-state index contributed by atoms with van der Waals surface area (Å²) in [6.45, 7) is 4.71. The molecule has 4 heteroatoms. The van der Waals surface area contributed by atoms with Gasteiger partial charge in [0, 0.05) is 12.2 Å². The van der Waals surface area contributed by atoms with E-state index in [-0.39, 0.29) is 0 Å². The minimum absolute atomic E-state index is 0.392. The van der Waals surface area contributed by atoms with Crippen LogP contribution in [0.5, 0.6) is 0 Å². The van der Waals surface area contributed by atoms with Crippen LogP contribution in [0.3, 0.4) is 0 Å². The molecular formula is C10H17BrN2O. The van der Waals surface area contributed by atoms with E-state index < -0.39 is 6.10 Å². The lowest BCUT2D eigenvalue weighted by molar-refractivity contribution is 0.170. The highest BCUT2D eigenvalue weighted by molar-refractivity contribution is 9.10. The largest absolute Gasteiger partial charge is 0.388 e. The molecule has 0 fully saturated rings. The van der Waals surface area contributed by atoms with Crippen LogP contribution in [-0.2, 0) is 0 Å². The van der Waals surface area contributed by atoms with E-state index in [1.54, 1.807) is 0 Å². The molecule has 0 spiro atoms. The first-order valence-electron chi connectivity index (χ1n) is 4.81. The Morgan fingerprint density at radius 3 is 2.64 bits per heavy atom. The number of halogens is 1. The van der Waals surface area contributed by atoms with E-state index in [9.17, 15) is 5.11 Å². The monoisotopic (exact) mass is 260 g/mol. The predicted octanol–water partition coefficient (Wildman–Crippen LogP) is 2.21. The summed E-state index contributed by atoms with van der Waals surface area (Å²) in [4.78, 5) is 0. The molecule has 3 nitrogen and oxygen atoms in total. The standard InChI is InChI=1S/C10H17BrN2O/c1-7(2)13-6-8(5-10(13)11)9(14)3-4-12/h5-7,9,14H,3-4,12H2,1-2H3. The Labute approximate surface area is 93.0 Å². The number of hydrogen-bond acceptors (Lipinski definition) is 2. The van der Waals surface area contributed by atoms with E-state index in [1.807, 2.05) is 12.3 Å². The number of aliphatic hydroxyl groups excluding tert-OH is 1. The second kappa shape index (κ2) is 4.96. The molecule has 0 bridgehead atoms. The fourth-order valence-electron chi connectivity index (χ4n) is 1.37. The molecule has 0 amide bonds. The highest BCUT2D eigenvalue weighted by atomic mass is 79.9. The molecule has 0 aliphatic rings. The van der Waals surface area contributed by atoms with Gasteiger partial charge in [-0.2, -0.15) is 0 Å². The van der Waals surface area contributed by atoms with Gasteiger partial charge in [0.25, 0.3) is 0 Å². The second-order valence-electron chi connectivity index (χ2n) is 3.69. The average Bonchev–Trinajstić information content (AvgIpc) is 2.48. The smallest absolute Gasteiger partial charge is 0.0852 e. The molecule has 1 aromatic heterocycles. The van der Waals surface area contributed by atoms with E-state index in [0.717, 1.165) is 10.2 Å². The summed E-state index contributed by atoms with van der Waals surface area (Å²) in [5, 5.41) is 9.73. The van der Waals surface area contributed by atoms with Gasteiger partial charge in [0.1, 0.15) is 0 Å². The van der Waals surface area contributed by atoms with Crippen LogP contribution < -0.4 is 5.73 Å². The average molecular weight is 261 g/mol. The minimum atomic E-state index is -0.448. The maximum absolute atomic E-state index is 9.73. The van der Waals surface area contributed by atoms with Crippen molar-refractivity contribution in [3.8, 4) is 0 Å². The van der Waals surface area contributed by atoms with Crippen LogP contribution in [0.2, 0.25) is 0 Å². The fourth-order valence-corrected chi connectivity index (χ4v) is 2.15. The van der Waals surface area contributed by atoms with Gasteiger partial charge in [0.2, 0.25) is 0 Å². The van der Waals surface area contributed by atoms with E-state index >= 15 is 0 Å². The zero-order valence-corrected chi connectivity index (χ0v) is 10.2. The van der Waals surface area contributed by atoms with Crippen molar-refractivity contribution >= 4 is 15.9 Å². The zero-order chi connectivity index (χ0) is 10.7. The quantitative estimate of drug-likeness (QED) is 0.873. The Morgan fingerprint density at radius 1 is 1.57 bits per heavy atom. The molecular weight excluding hydrogens is 244 g/mol. The molecule has 0 saturated carbocycles. The Balaban J connectivity index is 2.85. The van der Waals surface area contributed by atoms with Gasteiger partial charge in [-0.25, -0.2) is 0 Å². The van der Waals surface area contributed by atoms with Crippen molar-refractivity contribution in [1.29, 1.82) is 0 Å². The zero-order valence-electron chi connectivity index (χ0n) is 8.57. The maximum atomic E-state index is 9.73. The third-order valence-corrected chi connectivity index (χ3v) is 2.84. The molecule has 1 unspecified atom stereocenters. The molecule has 1 atom stereocenters. The van der Waals surface area contributed by atoms with Crippen LogP contribution in [0.4, 0.5) is 0 Å². The van der Waals surface area contributed by atoms with Gasteiger partial charge in [-0.15, -0.1) is 0 Å². The summed E-state index contributed by atoms with van der Waals surface area (Å²) in [5.41, 5.74) is 6.32. The molecule has 1 heterocycles. The van der Waals surface area contributed by atoms with Crippen molar-refractivity contribution < 1.29 is 5.11 Å². The lowest BCUT2D eigenvalue weighted by atomic mass is 10.1. The summed E-state index contributed by atoms with van der Waals surface area (Å²) in [6.07, 6.45) is 2.13. The Hall–Kier alpha value is -0.320. The summed E-state index contributed by atoms with van der Waals surface area (Å²) < 4.78 is 3.08. The van der Waals surface area contributed by atoms with Crippen LogP contribution in [0.1, 0.15) is 38.0 Å². The third kappa shape index (κ3) is 2.59. The number of hydrogen-bond donors (Lipinski definition) is 2. The highest BCUT2D eigenvalue weighted by Gasteiger charge is 2.12. The van der Waals surface area contributed by atoms with Gasteiger partial charge in [-0.1, -0.05) is 0 Å². The van der Waals surface area contributed by atoms with Gasteiger partial charge in [-0.05, 0) is 54.4 Å². The van der Waals surface area contributed by atoms with E-state index in [1.165, 1.54) is 0 Å². The number of nitrogens with two attached hydrogens (primary N) is 1. The summed E-state index contributed by atoms with van der Waals surface area (Å²) >= 11 is 3.46. The van der Waals surface area contributed by atoms with E-state index in [4.69, 9.17) is 5.73 Å². The topological polar surface area (TPSA) is 51.2 Å². The molecule has 0 aliphatic heterocycles. The van der Waals surface area contributed by atoms with Crippen LogP contribution in [0.15, 0.2) is 16.9 Å².